The average molecular weight is 318 g/mol. The minimum atomic E-state index is -0.760. The van der Waals surface area contributed by atoms with E-state index in [9.17, 15) is 5.11 Å². The normalized spacial score (nSPS) is 12.9. The standard InChI is InChI=1S/C10H12BrN3O2S/c1-16-4-3-14-8(7(11)6-13-14)9(15)10-12-2-5-17-10/h2,5-6,9,15H,3-4H2,1H3. The molecule has 0 saturated carbocycles. The number of ether oxygens (including phenoxy) is 1. The van der Waals surface area contributed by atoms with Gasteiger partial charge in [0.1, 0.15) is 11.1 Å². The number of hydrogen-bond acceptors (Lipinski definition) is 5. The highest BCUT2D eigenvalue weighted by atomic mass is 79.9. The summed E-state index contributed by atoms with van der Waals surface area (Å²) in [7, 11) is 1.63. The van der Waals surface area contributed by atoms with Crippen LogP contribution in [-0.4, -0.2) is 33.6 Å². The van der Waals surface area contributed by atoms with Gasteiger partial charge >= 0.3 is 0 Å². The van der Waals surface area contributed by atoms with Crippen LogP contribution in [0, 0.1) is 0 Å². The molecule has 0 aliphatic rings. The molecule has 2 heterocycles. The highest BCUT2D eigenvalue weighted by Crippen LogP contribution is 2.29. The molecule has 1 N–H and O–H groups in total. The first-order valence-corrected chi connectivity index (χ1v) is 6.69. The number of rotatable bonds is 5. The van der Waals surface area contributed by atoms with Crippen molar-refractivity contribution < 1.29 is 9.84 Å². The molecule has 0 aliphatic heterocycles. The van der Waals surface area contributed by atoms with Gasteiger partial charge in [0.25, 0.3) is 0 Å². The lowest BCUT2D eigenvalue weighted by molar-refractivity contribution is 0.171. The van der Waals surface area contributed by atoms with E-state index in [0.717, 1.165) is 4.47 Å². The molecule has 2 aromatic heterocycles. The van der Waals surface area contributed by atoms with Crippen molar-refractivity contribution in [2.45, 2.75) is 12.6 Å². The van der Waals surface area contributed by atoms with Crippen molar-refractivity contribution in [1.82, 2.24) is 14.8 Å². The SMILES string of the molecule is COCCn1ncc(Br)c1C(O)c1nccs1. The highest BCUT2D eigenvalue weighted by molar-refractivity contribution is 9.10. The Morgan fingerprint density at radius 3 is 3.12 bits per heavy atom. The van der Waals surface area contributed by atoms with Gasteiger partial charge in [0.05, 0.1) is 29.5 Å². The number of thiazole rings is 1. The Hall–Kier alpha value is -0.760. The first-order valence-electron chi connectivity index (χ1n) is 5.01. The number of aliphatic hydroxyl groups excluding tert-OH is 1. The lowest BCUT2D eigenvalue weighted by Crippen LogP contribution is -2.13. The predicted octanol–water partition coefficient (Wildman–Crippen LogP) is 1.83. The van der Waals surface area contributed by atoms with E-state index in [2.05, 4.69) is 26.0 Å². The van der Waals surface area contributed by atoms with Gasteiger partial charge in [-0.15, -0.1) is 11.3 Å². The second-order valence-corrected chi connectivity index (χ2v) is 5.15. The smallest absolute Gasteiger partial charge is 0.148 e. The minimum Gasteiger partial charge on any atom is -0.383 e. The van der Waals surface area contributed by atoms with Gasteiger partial charge in [0.15, 0.2) is 0 Å². The molecule has 92 valence electrons. The third-order valence-electron chi connectivity index (χ3n) is 2.28. The van der Waals surface area contributed by atoms with Gasteiger partial charge in [-0.1, -0.05) is 0 Å². The summed E-state index contributed by atoms with van der Waals surface area (Å²) in [5.41, 5.74) is 0.706. The van der Waals surface area contributed by atoms with Gasteiger partial charge in [-0.2, -0.15) is 5.10 Å². The summed E-state index contributed by atoms with van der Waals surface area (Å²) in [5.74, 6) is 0. The van der Waals surface area contributed by atoms with Crippen LogP contribution in [0.15, 0.2) is 22.2 Å². The highest BCUT2D eigenvalue weighted by Gasteiger charge is 2.21. The zero-order valence-electron chi connectivity index (χ0n) is 9.21. The molecule has 7 heteroatoms. The van der Waals surface area contributed by atoms with Crippen LogP contribution in [0.3, 0.4) is 0 Å². The zero-order chi connectivity index (χ0) is 12.3. The number of halogens is 1. The van der Waals surface area contributed by atoms with Crippen molar-refractivity contribution in [3.63, 3.8) is 0 Å². The summed E-state index contributed by atoms with van der Waals surface area (Å²) in [6.45, 7) is 1.14. The van der Waals surface area contributed by atoms with Crippen molar-refractivity contribution in [3.05, 3.63) is 32.9 Å². The van der Waals surface area contributed by atoms with Gasteiger partial charge < -0.3 is 9.84 Å². The topological polar surface area (TPSA) is 60.2 Å². The Balaban J connectivity index is 2.27. The summed E-state index contributed by atoms with van der Waals surface area (Å²) in [4.78, 5) is 4.11. The molecule has 1 atom stereocenters. The van der Waals surface area contributed by atoms with Crippen LogP contribution < -0.4 is 0 Å². The molecule has 0 amide bonds. The summed E-state index contributed by atoms with van der Waals surface area (Å²) in [6, 6.07) is 0. The molecule has 0 bridgehead atoms. The van der Waals surface area contributed by atoms with Gasteiger partial charge in [-0.05, 0) is 15.9 Å². The molecule has 0 aliphatic carbocycles. The Labute approximate surface area is 111 Å². The monoisotopic (exact) mass is 317 g/mol. The van der Waals surface area contributed by atoms with Crippen LogP contribution in [0.2, 0.25) is 0 Å². The van der Waals surface area contributed by atoms with Crippen LogP contribution in [-0.2, 0) is 11.3 Å². The molecule has 17 heavy (non-hydrogen) atoms. The van der Waals surface area contributed by atoms with E-state index in [1.807, 2.05) is 5.38 Å². The van der Waals surface area contributed by atoms with Crippen molar-refractivity contribution >= 4 is 27.3 Å². The lowest BCUT2D eigenvalue weighted by atomic mass is 10.2. The molecule has 0 spiro atoms. The quantitative estimate of drug-likeness (QED) is 0.914. The molecule has 0 saturated heterocycles. The summed E-state index contributed by atoms with van der Waals surface area (Å²) in [5, 5.41) is 16.9. The maximum absolute atomic E-state index is 10.2. The minimum absolute atomic E-state index is 0.547. The van der Waals surface area contributed by atoms with Gasteiger partial charge in [-0.25, -0.2) is 4.98 Å². The number of hydrogen-bond donors (Lipinski definition) is 1. The molecule has 0 radical (unpaired) electrons. The third-order valence-corrected chi connectivity index (χ3v) is 3.72. The van der Waals surface area contributed by atoms with Gasteiger partial charge in [0, 0.05) is 18.7 Å². The molecule has 2 rings (SSSR count). The molecule has 0 fully saturated rings. The summed E-state index contributed by atoms with van der Waals surface area (Å²) in [6.07, 6.45) is 2.58. The van der Waals surface area contributed by atoms with Gasteiger partial charge in [0.2, 0.25) is 0 Å². The summed E-state index contributed by atoms with van der Waals surface area (Å²) < 4.78 is 7.51. The molecular formula is C10H12BrN3O2S. The van der Waals surface area contributed by atoms with Crippen LogP contribution in [0.5, 0.6) is 0 Å². The van der Waals surface area contributed by atoms with E-state index < -0.39 is 6.10 Å². The first kappa shape index (κ1) is 12.7. The van der Waals surface area contributed by atoms with E-state index in [0.29, 0.717) is 23.9 Å². The number of nitrogens with zero attached hydrogens (tertiary/aromatic N) is 3. The number of aromatic nitrogens is 3. The van der Waals surface area contributed by atoms with Crippen LogP contribution in [0.25, 0.3) is 0 Å². The molecule has 5 nitrogen and oxygen atoms in total. The second kappa shape index (κ2) is 5.72. The van der Waals surface area contributed by atoms with E-state index in [-0.39, 0.29) is 0 Å². The Morgan fingerprint density at radius 1 is 1.65 bits per heavy atom. The van der Waals surface area contributed by atoms with Crippen molar-refractivity contribution in [2.75, 3.05) is 13.7 Å². The van der Waals surface area contributed by atoms with E-state index in [1.165, 1.54) is 11.3 Å². The Kier molecular flexibility index (Phi) is 4.27. The van der Waals surface area contributed by atoms with E-state index in [4.69, 9.17) is 4.74 Å². The molecule has 2 aromatic rings. The fourth-order valence-corrected chi connectivity index (χ4v) is 2.62. The lowest BCUT2D eigenvalue weighted by Gasteiger charge is -2.11. The molecule has 0 aromatic carbocycles. The fourth-order valence-electron chi connectivity index (χ4n) is 1.49. The van der Waals surface area contributed by atoms with Crippen molar-refractivity contribution in [2.24, 2.45) is 0 Å². The van der Waals surface area contributed by atoms with E-state index in [1.54, 1.807) is 24.2 Å². The van der Waals surface area contributed by atoms with Crippen molar-refractivity contribution in [1.29, 1.82) is 0 Å². The van der Waals surface area contributed by atoms with Crippen LogP contribution in [0.4, 0.5) is 0 Å². The number of aliphatic hydroxyl groups is 1. The largest absolute Gasteiger partial charge is 0.383 e. The maximum atomic E-state index is 10.2. The van der Waals surface area contributed by atoms with E-state index >= 15 is 0 Å². The molecule has 1 unspecified atom stereocenters. The van der Waals surface area contributed by atoms with Crippen LogP contribution in [0.1, 0.15) is 16.8 Å². The van der Waals surface area contributed by atoms with Crippen LogP contribution >= 0.6 is 27.3 Å². The molecular weight excluding hydrogens is 306 g/mol. The number of methoxy groups -OCH3 is 1. The Morgan fingerprint density at radius 2 is 2.47 bits per heavy atom. The maximum Gasteiger partial charge on any atom is 0.148 e. The average Bonchev–Trinajstić information content (AvgIpc) is 2.95. The van der Waals surface area contributed by atoms with Gasteiger partial charge in [-0.3, -0.25) is 4.68 Å². The fraction of sp³-hybridized carbons (Fsp3) is 0.400. The second-order valence-electron chi connectivity index (χ2n) is 3.37. The zero-order valence-corrected chi connectivity index (χ0v) is 11.6. The third kappa shape index (κ3) is 2.74. The summed E-state index contributed by atoms with van der Waals surface area (Å²) >= 11 is 4.80. The van der Waals surface area contributed by atoms with Crippen molar-refractivity contribution in [3.8, 4) is 0 Å². The first-order chi connectivity index (χ1) is 8.24. The Bertz CT molecular complexity index is 472. The predicted molar refractivity (Wildman–Crippen MR) is 68.0 cm³/mol.